The first-order chi connectivity index (χ1) is 8.63. The van der Waals surface area contributed by atoms with E-state index in [1.807, 2.05) is 11.9 Å². The minimum Gasteiger partial charge on any atom is -0.465 e. The molecule has 2 aromatic rings. The second kappa shape index (κ2) is 4.86. The van der Waals surface area contributed by atoms with Gasteiger partial charge in [-0.2, -0.15) is 0 Å². The Bertz CT molecular complexity index is 566. The summed E-state index contributed by atoms with van der Waals surface area (Å²) < 4.78 is 1.56. The molecule has 0 radical (unpaired) electrons. The molecule has 0 aliphatic carbocycles. The summed E-state index contributed by atoms with van der Waals surface area (Å²) in [6, 6.07) is 0. The average Bonchev–Trinajstić information content (AvgIpc) is 2.72. The molecular formula is C10H14N6O2. The molecule has 0 saturated carbocycles. The van der Waals surface area contributed by atoms with Crippen molar-refractivity contribution >= 4 is 23.5 Å². The van der Waals surface area contributed by atoms with Gasteiger partial charge in [0.1, 0.15) is 0 Å². The Hall–Kier alpha value is -2.38. The number of rotatable bonds is 4. The molecule has 2 aromatic heterocycles. The average molecular weight is 250 g/mol. The van der Waals surface area contributed by atoms with Gasteiger partial charge in [-0.25, -0.2) is 9.78 Å². The molecule has 1 amide bonds. The summed E-state index contributed by atoms with van der Waals surface area (Å²) in [6.07, 6.45) is 3.01. The SMILES string of the molecule is CCCN(C)c1nccn2c(NC(=O)O)nnc12. The molecule has 0 spiro atoms. The normalized spacial score (nSPS) is 10.6. The van der Waals surface area contributed by atoms with Crippen LogP contribution < -0.4 is 10.2 Å². The Kier molecular flexibility index (Phi) is 3.26. The lowest BCUT2D eigenvalue weighted by Crippen LogP contribution is -2.20. The molecule has 0 aromatic carbocycles. The summed E-state index contributed by atoms with van der Waals surface area (Å²) in [7, 11) is 1.91. The summed E-state index contributed by atoms with van der Waals surface area (Å²) in [4.78, 5) is 16.8. The van der Waals surface area contributed by atoms with E-state index in [0.717, 1.165) is 13.0 Å². The van der Waals surface area contributed by atoms with Crippen LogP contribution in [0.2, 0.25) is 0 Å². The number of carboxylic acid groups (broad SMARTS) is 1. The van der Waals surface area contributed by atoms with E-state index in [9.17, 15) is 4.79 Å². The summed E-state index contributed by atoms with van der Waals surface area (Å²) >= 11 is 0. The zero-order valence-electron chi connectivity index (χ0n) is 10.2. The van der Waals surface area contributed by atoms with E-state index in [4.69, 9.17) is 5.11 Å². The van der Waals surface area contributed by atoms with Crippen molar-refractivity contribution in [3.8, 4) is 0 Å². The molecule has 2 N–H and O–H groups in total. The second-order valence-corrected chi connectivity index (χ2v) is 3.82. The number of fused-ring (bicyclic) bond motifs is 1. The highest BCUT2D eigenvalue weighted by Gasteiger charge is 2.14. The minimum atomic E-state index is -1.18. The first-order valence-corrected chi connectivity index (χ1v) is 5.54. The van der Waals surface area contributed by atoms with Gasteiger partial charge in [0.25, 0.3) is 0 Å². The van der Waals surface area contributed by atoms with Crippen LogP contribution >= 0.6 is 0 Å². The van der Waals surface area contributed by atoms with Crippen LogP contribution in [-0.2, 0) is 0 Å². The largest absolute Gasteiger partial charge is 0.465 e. The van der Waals surface area contributed by atoms with E-state index in [1.54, 1.807) is 16.8 Å². The van der Waals surface area contributed by atoms with Gasteiger partial charge >= 0.3 is 6.09 Å². The van der Waals surface area contributed by atoms with Crippen molar-refractivity contribution < 1.29 is 9.90 Å². The minimum absolute atomic E-state index is 0.158. The van der Waals surface area contributed by atoms with Gasteiger partial charge in [-0.1, -0.05) is 6.92 Å². The number of hydrogen-bond donors (Lipinski definition) is 2. The lowest BCUT2D eigenvalue weighted by molar-refractivity contribution is 0.209. The lowest BCUT2D eigenvalue weighted by atomic mass is 10.4. The van der Waals surface area contributed by atoms with Gasteiger partial charge in [0.2, 0.25) is 11.6 Å². The van der Waals surface area contributed by atoms with Crippen molar-refractivity contribution in [2.45, 2.75) is 13.3 Å². The topological polar surface area (TPSA) is 95.7 Å². The van der Waals surface area contributed by atoms with Gasteiger partial charge in [-0.3, -0.25) is 9.72 Å². The standard InChI is InChI=1S/C10H14N6O2/c1-3-5-15(2)7-8-13-14-9(12-10(17)18)16(8)6-4-11-7/h4,6H,3,5H2,1-2H3,(H,12,14)(H,17,18). The van der Waals surface area contributed by atoms with Crippen molar-refractivity contribution in [3.05, 3.63) is 12.4 Å². The molecule has 0 unspecified atom stereocenters. The number of amides is 1. The van der Waals surface area contributed by atoms with Gasteiger partial charge in [-0.15, -0.1) is 10.2 Å². The van der Waals surface area contributed by atoms with Crippen molar-refractivity contribution in [2.24, 2.45) is 0 Å². The van der Waals surface area contributed by atoms with Crippen molar-refractivity contribution in [3.63, 3.8) is 0 Å². The molecule has 8 heteroatoms. The van der Waals surface area contributed by atoms with Gasteiger partial charge < -0.3 is 10.0 Å². The Balaban J connectivity index is 2.45. The van der Waals surface area contributed by atoms with E-state index in [-0.39, 0.29) is 5.95 Å². The summed E-state index contributed by atoms with van der Waals surface area (Å²) in [5.41, 5.74) is 0.525. The van der Waals surface area contributed by atoms with Crippen LogP contribution in [0.3, 0.4) is 0 Å². The Morgan fingerprint density at radius 2 is 2.33 bits per heavy atom. The van der Waals surface area contributed by atoms with Crippen LogP contribution in [-0.4, -0.2) is 44.4 Å². The van der Waals surface area contributed by atoms with Gasteiger partial charge in [0, 0.05) is 26.0 Å². The van der Waals surface area contributed by atoms with Gasteiger partial charge in [0.15, 0.2) is 5.82 Å². The van der Waals surface area contributed by atoms with Crippen LogP contribution in [0.1, 0.15) is 13.3 Å². The van der Waals surface area contributed by atoms with E-state index < -0.39 is 6.09 Å². The molecule has 0 bridgehead atoms. The summed E-state index contributed by atoms with van der Waals surface area (Å²) in [5.74, 6) is 0.830. The van der Waals surface area contributed by atoms with E-state index >= 15 is 0 Å². The Morgan fingerprint density at radius 1 is 1.56 bits per heavy atom. The summed E-state index contributed by atoms with van der Waals surface area (Å²) in [5, 5.41) is 18.6. The van der Waals surface area contributed by atoms with Crippen LogP contribution in [0, 0.1) is 0 Å². The fourth-order valence-corrected chi connectivity index (χ4v) is 1.70. The number of nitrogens with one attached hydrogen (secondary N) is 1. The van der Waals surface area contributed by atoms with Crippen LogP contribution in [0.15, 0.2) is 12.4 Å². The maximum Gasteiger partial charge on any atom is 0.411 e. The van der Waals surface area contributed by atoms with Gasteiger partial charge in [0.05, 0.1) is 0 Å². The van der Waals surface area contributed by atoms with Crippen molar-refractivity contribution in [2.75, 3.05) is 23.8 Å². The smallest absolute Gasteiger partial charge is 0.411 e. The molecule has 0 saturated heterocycles. The molecule has 2 rings (SSSR count). The second-order valence-electron chi connectivity index (χ2n) is 3.82. The quantitative estimate of drug-likeness (QED) is 0.842. The fraction of sp³-hybridized carbons (Fsp3) is 0.400. The molecular weight excluding hydrogens is 236 g/mol. The van der Waals surface area contributed by atoms with Crippen molar-refractivity contribution in [1.29, 1.82) is 0 Å². The predicted molar refractivity (Wildman–Crippen MR) is 66.0 cm³/mol. The molecule has 0 fully saturated rings. The third kappa shape index (κ3) is 2.17. The first kappa shape index (κ1) is 12.1. The maximum atomic E-state index is 10.6. The maximum absolute atomic E-state index is 10.6. The van der Waals surface area contributed by atoms with Crippen LogP contribution in [0.5, 0.6) is 0 Å². The Labute approximate surface area is 103 Å². The third-order valence-corrected chi connectivity index (χ3v) is 2.45. The van der Waals surface area contributed by atoms with E-state index in [2.05, 4.69) is 27.4 Å². The number of aromatic nitrogens is 4. The molecule has 0 atom stereocenters. The number of carbonyl (C=O) groups is 1. The number of anilines is 2. The van der Waals surface area contributed by atoms with Crippen LogP contribution in [0.25, 0.3) is 5.65 Å². The van der Waals surface area contributed by atoms with Crippen molar-refractivity contribution in [1.82, 2.24) is 19.6 Å². The Morgan fingerprint density at radius 3 is 3.00 bits per heavy atom. The first-order valence-electron chi connectivity index (χ1n) is 5.54. The van der Waals surface area contributed by atoms with Gasteiger partial charge in [-0.05, 0) is 6.42 Å². The molecule has 96 valence electrons. The lowest BCUT2D eigenvalue weighted by Gasteiger charge is -2.16. The highest BCUT2D eigenvalue weighted by atomic mass is 16.4. The molecule has 0 aliphatic rings. The molecule has 2 heterocycles. The zero-order valence-corrected chi connectivity index (χ0v) is 10.2. The number of hydrogen-bond acceptors (Lipinski definition) is 5. The highest BCUT2D eigenvalue weighted by Crippen LogP contribution is 2.18. The monoisotopic (exact) mass is 250 g/mol. The third-order valence-electron chi connectivity index (χ3n) is 2.45. The van der Waals surface area contributed by atoms with E-state index in [1.165, 1.54) is 0 Å². The molecule has 8 nitrogen and oxygen atoms in total. The fourth-order valence-electron chi connectivity index (χ4n) is 1.70. The summed E-state index contributed by atoms with van der Waals surface area (Å²) in [6.45, 7) is 2.90. The molecule has 0 aliphatic heterocycles. The predicted octanol–water partition coefficient (Wildman–Crippen LogP) is 1.06. The van der Waals surface area contributed by atoms with E-state index in [0.29, 0.717) is 11.5 Å². The number of nitrogens with zero attached hydrogens (tertiary/aromatic N) is 5. The highest BCUT2D eigenvalue weighted by molar-refractivity contribution is 5.81. The molecule has 18 heavy (non-hydrogen) atoms. The van der Waals surface area contributed by atoms with Crippen LogP contribution in [0.4, 0.5) is 16.6 Å². The zero-order chi connectivity index (χ0) is 13.1.